The first-order valence-corrected chi connectivity index (χ1v) is 8.68. The Morgan fingerprint density at radius 1 is 1.10 bits per heavy atom. The zero-order chi connectivity index (χ0) is 21.4. The minimum absolute atomic E-state index is 0.0296. The van der Waals surface area contributed by atoms with Gasteiger partial charge in [-0.1, -0.05) is 6.58 Å². The maximum atomic E-state index is 12.1. The standard InChI is InChI=1S/C14H16N2O2.C5H4F3N3/c1-2-13(17)15-12-7-5-11(6-8-12)14(18)16-9-3-4-10-16;6-5(7,8)3-1-11-4(9)2-10-3/h2,5-8H,1,3-4,9-10H2,(H,15,17);1-2H,(H2,9,11). The van der Waals surface area contributed by atoms with Gasteiger partial charge >= 0.3 is 6.18 Å². The molecule has 0 bridgehead atoms. The lowest BCUT2D eigenvalue weighted by atomic mass is 10.2. The van der Waals surface area contributed by atoms with E-state index in [1.54, 1.807) is 24.3 Å². The second-order valence-electron chi connectivity index (χ2n) is 6.09. The lowest BCUT2D eigenvalue weighted by molar-refractivity contribution is -0.141. The first kappa shape index (κ1) is 21.9. The van der Waals surface area contributed by atoms with Crippen molar-refractivity contribution in [2.24, 2.45) is 0 Å². The average Bonchev–Trinajstić information content (AvgIpc) is 3.23. The summed E-state index contributed by atoms with van der Waals surface area (Å²) in [6, 6.07) is 6.92. The predicted octanol–water partition coefficient (Wildman–Crippen LogP) is 3.12. The van der Waals surface area contributed by atoms with Crippen LogP contribution in [0.1, 0.15) is 28.9 Å². The summed E-state index contributed by atoms with van der Waals surface area (Å²) in [7, 11) is 0. The van der Waals surface area contributed by atoms with Crippen molar-refractivity contribution < 1.29 is 22.8 Å². The first-order valence-electron chi connectivity index (χ1n) is 8.68. The fourth-order valence-corrected chi connectivity index (χ4v) is 2.48. The highest BCUT2D eigenvalue weighted by atomic mass is 19.4. The van der Waals surface area contributed by atoms with Crippen molar-refractivity contribution in [1.82, 2.24) is 14.9 Å². The molecule has 0 unspecified atom stereocenters. The van der Waals surface area contributed by atoms with E-state index in [4.69, 9.17) is 5.73 Å². The molecule has 2 amide bonds. The summed E-state index contributed by atoms with van der Waals surface area (Å²) in [6.07, 6.45) is 0.389. The van der Waals surface area contributed by atoms with Gasteiger partial charge in [0.15, 0.2) is 5.69 Å². The topological polar surface area (TPSA) is 101 Å². The van der Waals surface area contributed by atoms with Gasteiger partial charge in [0.2, 0.25) is 5.91 Å². The van der Waals surface area contributed by atoms with Gasteiger partial charge in [-0.05, 0) is 43.2 Å². The molecule has 0 saturated carbocycles. The molecule has 1 aliphatic rings. The van der Waals surface area contributed by atoms with Crippen molar-refractivity contribution in [3.8, 4) is 0 Å². The maximum absolute atomic E-state index is 12.1. The highest BCUT2D eigenvalue weighted by molar-refractivity contribution is 5.99. The molecule has 0 atom stereocenters. The van der Waals surface area contributed by atoms with Gasteiger partial charge in [-0.3, -0.25) is 9.59 Å². The van der Waals surface area contributed by atoms with E-state index in [0.717, 1.165) is 32.1 Å². The van der Waals surface area contributed by atoms with E-state index in [-0.39, 0.29) is 17.6 Å². The number of nitrogens with zero attached hydrogens (tertiary/aromatic N) is 3. The number of amides is 2. The summed E-state index contributed by atoms with van der Waals surface area (Å²) >= 11 is 0. The molecule has 1 aromatic heterocycles. The molecule has 154 valence electrons. The zero-order valence-electron chi connectivity index (χ0n) is 15.4. The van der Waals surface area contributed by atoms with Crippen molar-refractivity contribution in [3.63, 3.8) is 0 Å². The lowest BCUT2D eigenvalue weighted by Crippen LogP contribution is -2.27. The second-order valence-corrected chi connectivity index (χ2v) is 6.09. The zero-order valence-corrected chi connectivity index (χ0v) is 15.4. The molecule has 1 saturated heterocycles. The van der Waals surface area contributed by atoms with Crippen LogP contribution >= 0.6 is 0 Å². The number of nitrogen functional groups attached to an aromatic ring is 1. The van der Waals surface area contributed by atoms with E-state index in [9.17, 15) is 22.8 Å². The molecule has 10 heteroatoms. The van der Waals surface area contributed by atoms with Crippen molar-refractivity contribution in [1.29, 1.82) is 0 Å². The lowest BCUT2D eigenvalue weighted by Gasteiger charge is -2.15. The molecule has 1 aliphatic heterocycles. The van der Waals surface area contributed by atoms with E-state index in [1.807, 2.05) is 4.90 Å². The molecule has 2 aromatic rings. The van der Waals surface area contributed by atoms with Gasteiger partial charge in [-0.15, -0.1) is 0 Å². The Hall–Kier alpha value is -3.43. The number of halogens is 3. The fourth-order valence-electron chi connectivity index (χ4n) is 2.48. The number of nitrogens with one attached hydrogen (secondary N) is 1. The number of anilines is 2. The fraction of sp³-hybridized carbons (Fsp3) is 0.263. The number of likely N-dealkylation sites (tertiary alicyclic amines) is 1. The quantitative estimate of drug-likeness (QED) is 0.762. The summed E-state index contributed by atoms with van der Waals surface area (Å²) in [5.74, 6) is -0.222. The van der Waals surface area contributed by atoms with Crippen LogP contribution in [0.5, 0.6) is 0 Å². The monoisotopic (exact) mass is 407 g/mol. The number of nitrogens with two attached hydrogens (primary N) is 1. The highest BCUT2D eigenvalue weighted by Crippen LogP contribution is 2.26. The van der Waals surface area contributed by atoms with E-state index in [1.165, 1.54) is 6.08 Å². The number of carbonyl (C=O) groups excluding carboxylic acids is 2. The van der Waals surface area contributed by atoms with Gasteiger partial charge in [0.05, 0.1) is 12.4 Å². The van der Waals surface area contributed by atoms with Crippen LogP contribution in [0, 0.1) is 0 Å². The van der Waals surface area contributed by atoms with Crippen LogP contribution in [0.3, 0.4) is 0 Å². The van der Waals surface area contributed by atoms with Crippen LogP contribution in [-0.2, 0) is 11.0 Å². The van der Waals surface area contributed by atoms with Crippen molar-refractivity contribution >= 4 is 23.3 Å². The summed E-state index contributed by atoms with van der Waals surface area (Å²) in [5, 5.41) is 2.65. The second kappa shape index (κ2) is 9.67. The van der Waals surface area contributed by atoms with Crippen LogP contribution in [0.2, 0.25) is 0 Å². The third kappa shape index (κ3) is 6.59. The summed E-state index contributed by atoms with van der Waals surface area (Å²) < 4.78 is 35.3. The van der Waals surface area contributed by atoms with Crippen molar-refractivity contribution in [3.05, 3.63) is 60.6 Å². The van der Waals surface area contributed by atoms with Gasteiger partial charge in [-0.25, -0.2) is 9.97 Å². The Balaban J connectivity index is 0.000000234. The molecule has 2 heterocycles. The van der Waals surface area contributed by atoms with Gasteiger partial charge < -0.3 is 16.0 Å². The Morgan fingerprint density at radius 3 is 2.21 bits per heavy atom. The largest absolute Gasteiger partial charge is 0.434 e. The minimum Gasteiger partial charge on any atom is -0.382 e. The third-order valence-corrected chi connectivity index (χ3v) is 3.94. The van der Waals surface area contributed by atoms with Gasteiger partial charge in [0.25, 0.3) is 5.91 Å². The summed E-state index contributed by atoms with van der Waals surface area (Å²) in [5.41, 5.74) is 5.32. The molecule has 29 heavy (non-hydrogen) atoms. The molecule has 1 aromatic carbocycles. The smallest absolute Gasteiger partial charge is 0.382 e. The van der Waals surface area contributed by atoms with Crippen molar-refractivity contribution in [2.75, 3.05) is 24.1 Å². The maximum Gasteiger partial charge on any atom is 0.434 e. The van der Waals surface area contributed by atoms with E-state index in [2.05, 4.69) is 21.9 Å². The van der Waals surface area contributed by atoms with Gasteiger partial charge in [0.1, 0.15) is 5.82 Å². The molecule has 3 rings (SSSR count). The van der Waals surface area contributed by atoms with E-state index < -0.39 is 11.9 Å². The van der Waals surface area contributed by atoms with Crippen LogP contribution in [-0.4, -0.2) is 39.8 Å². The normalized spacial score (nSPS) is 13.3. The molecule has 0 radical (unpaired) electrons. The third-order valence-electron chi connectivity index (χ3n) is 3.94. The van der Waals surface area contributed by atoms with Crippen LogP contribution in [0.15, 0.2) is 49.3 Å². The molecule has 0 aliphatic carbocycles. The molecule has 3 N–H and O–H groups in total. The molecular formula is C19H20F3N5O2. The van der Waals surface area contributed by atoms with Gasteiger partial charge in [-0.2, -0.15) is 13.2 Å². The van der Waals surface area contributed by atoms with E-state index in [0.29, 0.717) is 17.4 Å². The Kier molecular flexibility index (Phi) is 7.29. The number of carbonyl (C=O) groups is 2. The number of aromatic nitrogens is 2. The van der Waals surface area contributed by atoms with E-state index >= 15 is 0 Å². The first-order chi connectivity index (χ1) is 13.7. The summed E-state index contributed by atoms with van der Waals surface area (Å²) in [6.45, 7) is 5.06. The molecule has 0 spiro atoms. The Labute approximate surface area is 165 Å². The number of benzene rings is 1. The minimum atomic E-state index is -4.44. The number of rotatable bonds is 3. The number of alkyl halides is 3. The molecule has 1 fully saturated rings. The summed E-state index contributed by atoms with van der Waals surface area (Å²) in [4.78, 5) is 31.3. The van der Waals surface area contributed by atoms with Crippen LogP contribution < -0.4 is 11.1 Å². The van der Waals surface area contributed by atoms with Crippen LogP contribution in [0.25, 0.3) is 0 Å². The molecular weight excluding hydrogens is 387 g/mol. The van der Waals surface area contributed by atoms with Crippen molar-refractivity contribution in [2.45, 2.75) is 19.0 Å². The van der Waals surface area contributed by atoms with Gasteiger partial charge in [0, 0.05) is 24.3 Å². The number of hydrogen-bond acceptors (Lipinski definition) is 5. The number of hydrogen-bond donors (Lipinski definition) is 2. The Morgan fingerprint density at radius 2 is 1.72 bits per heavy atom. The predicted molar refractivity (Wildman–Crippen MR) is 102 cm³/mol. The van der Waals surface area contributed by atoms with Crippen LogP contribution in [0.4, 0.5) is 24.7 Å². The Bertz CT molecular complexity index is 846. The highest BCUT2D eigenvalue weighted by Gasteiger charge is 2.32. The molecule has 7 nitrogen and oxygen atoms in total. The average molecular weight is 407 g/mol. The SMILES string of the molecule is C=CC(=O)Nc1ccc(C(=O)N2CCCC2)cc1.Nc1cnc(C(F)(F)F)cn1.